The highest BCUT2D eigenvalue weighted by atomic mass is 16.6. The number of nitrogens with one attached hydrogen (secondary N) is 1. The van der Waals surface area contributed by atoms with Gasteiger partial charge in [-0.25, -0.2) is 4.79 Å². The maximum atomic E-state index is 11.3. The molecule has 0 aromatic heterocycles. The van der Waals surface area contributed by atoms with Crippen LogP contribution in [-0.2, 0) is 4.79 Å². The van der Waals surface area contributed by atoms with E-state index in [1.807, 2.05) is 0 Å². The van der Waals surface area contributed by atoms with Crippen LogP contribution in [0.1, 0.15) is 13.3 Å². The van der Waals surface area contributed by atoms with E-state index in [9.17, 15) is 9.59 Å². The van der Waals surface area contributed by atoms with Crippen LogP contribution in [0.25, 0.3) is 0 Å². The molecule has 0 unspecified atom stereocenters. The standard InChI is InChI=1S/C12H16N2O3/c1-4-11(15)13-9-6-5-7-10(8-9)17-12(16)14(2)3/h5-8H,4H2,1-3H3,(H,13,15). The van der Waals surface area contributed by atoms with E-state index < -0.39 is 6.09 Å². The third-order valence-corrected chi connectivity index (χ3v) is 2.01. The molecule has 0 saturated heterocycles. The molecule has 5 nitrogen and oxygen atoms in total. The minimum absolute atomic E-state index is 0.0823. The Morgan fingerprint density at radius 3 is 2.65 bits per heavy atom. The lowest BCUT2D eigenvalue weighted by Crippen LogP contribution is -2.25. The highest BCUT2D eigenvalue weighted by Gasteiger charge is 2.07. The van der Waals surface area contributed by atoms with Crippen molar-refractivity contribution in [2.45, 2.75) is 13.3 Å². The maximum absolute atomic E-state index is 11.3. The van der Waals surface area contributed by atoms with Crippen LogP contribution in [-0.4, -0.2) is 31.0 Å². The first-order valence-corrected chi connectivity index (χ1v) is 5.32. The predicted octanol–water partition coefficient (Wildman–Crippen LogP) is 2.10. The molecule has 0 spiro atoms. The van der Waals surface area contributed by atoms with Gasteiger partial charge in [-0.2, -0.15) is 0 Å². The Bertz CT molecular complexity index is 416. The summed E-state index contributed by atoms with van der Waals surface area (Å²) in [6, 6.07) is 6.71. The Morgan fingerprint density at radius 2 is 2.06 bits per heavy atom. The van der Waals surface area contributed by atoms with Crippen molar-refractivity contribution < 1.29 is 14.3 Å². The van der Waals surface area contributed by atoms with E-state index in [4.69, 9.17) is 4.74 Å². The normalized spacial score (nSPS) is 9.59. The van der Waals surface area contributed by atoms with Crippen molar-refractivity contribution in [1.82, 2.24) is 4.90 Å². The van der Waals surface area contributed by atoms with Gasteiger partial charge in [0.1, 0.15) is 5.75 Å². The van der Waals surface area contributed by atoms with Gasteiger partial charge in [0.2, 0.25) is 5.91 Å². The van der Waals surface area contributed by atoms with E-state index in [0.29, 0.717) is 17.9 Å². The van der Waals surface area contributed by atoms with Crippen LogP contribution in [0, 0.1) is 0 Å². The monoisotopic (exact) mass is 236 g/mol. The Morgan fingerprint density at radius 1 is 1.35 bits per heavy atom. The van der Waals surface area contributed by atoms with Gasteiger partial charge in [-0.1, -0.05) is 13.0 Å². The molecular weight excluding hydrogens is 220 g/mol. The number of amides is 2. The highest BCUT2D eigenvalue weighted by molar-refractivity contribution is 5.90. The van der Waals surface area contributed by atoms with E-state index in [1.165, 1.54) is 4.90 Å². The van der Waals surface area contributed by atoms with Gasteiger partial charge in [0, 0.05) is 32.3 Å². The Balaban J connectivity index is 2.72. The van der Waals surface area contributed by atoms with Crippen molar-refractivity contribution in [3.05, 3.63) is 24.3 Å². The van der Waals surface area contributed by atoms with E-state index in [1.54, 1.807) is 45.3 Å². The molecule has 0 atom stereocenters. The van der Waals surface area contributed by atoms with Crippen LogP contribution in [0.4, 0.5) is 10.5 Å². The van der Waals surface area contributed by atoms with Gasteiger partial charge in [-0.3, -0.25) is 4.79 Å². The molecule has 92 valence electrons. The molecule has 1 rings (SSSR count). The number of rotatable bonds is 3. The van der Waals surface area contributed by atoms with Gasteiger partial charge >= 0.3 is 6.09 Å². The van der Waals surface area contributed by atoms with Crippen LogP contribution in [0.2, 0.25) is 0 Å². The number of ether oxygens (including phenoxy) is 1. The van der Waals surface area contributed by atoms with Gasteiger partial charge < -0.3 is 15.0 Å². The van der Waals surface area contributed by atoms with Gasteiger partial charge in [0.15, 0.2) is 0 Å². The molecule has 17 heavy (non-hydrogen) atoms. The third-order valence-electron chi connectivity index (χ3n) is 2.01. The van der Waals surface area contributed by atoms with Crippen molar-refractivity contribution in [3.8, 4) is 5.75 Å². The summed E-state index contributed by atoms with van der Waals surface area (Å²) >= 11 is 0. The molecular formula is C12H16N2O3. The topological polar surface area (TPSA) is 58.6 Å². The first-order chi connectivity index (χ1) is 8.02. The lowest BCUT2D eigenvalue weighted by Gasteiger charge is -2.11. The van der Waals surface area contributed by atoms with Gasteiger partial charge in [0.05, 0.1) is 0 Å². The largest absolute Gasteiger partial charge is 0.414 e. The molecule has 1 aromatic carbocycles. The van der Waals surface area contributed by atoms with Crippen molar-refractivity contribution in [3.63, 3.8) is 0 Å². The number of benzene rings is 1. The summed E-state index contributed by atoms with van der Waals surface area (Å²) in [4.78, 5) is 23.8. The quantitative estimate of drug-likeness (QED) is 0.874. The average molecular weight is 236 g/mol. The Kier molecular flexibility index (Phi) is 4.51. The zero-order valence-electron chi connectivity index (χ0n) is 10.2. The second kappa shape index (κ2) is 5.89. The number of hydrogen-bond donors (Lipinski definition) is 1. The molecule has 1 aromatic rings. The summed E-state index contributed by atoms with van der Waals surface area (Å²) in [5.41, 5.74) is 0.612. The maximum Gasteiger partial charge on any atom is 0.414 e. The number of hydrogen-bond acceptors (Lipinski definition) is 3. The number of nitrogens with zero attached hydrogens (tertiary/aromatic N) is 1. The smallest absolute Gasteiger partial charge is 0.410 e. The molecule has 1 N–H and O–H groups in total. The number of carbonyl (C=O) groups excluding carboxylic acids is 2. The molecule has 0 heterocycles. The first-order valence-electron chi connectivity index (χ1n) is 5.32. The molecule has 0 fully saturated rings. The molecule has 0 aliphatic heterocycles. The number of carbonyl (C=O) groups is 2. The molecule has 0 aliphatic rings. The highest BCUT2D eigenvalue weighted by Crippen LogP contribution is 2.18. The van der Waals surface area contributed by atoms with Gasteiger partial charge in [-0.05, 0) is 12.1 Å². The first kappa shape index (κ1) is 13.0. The van der Waals surface area contributed by atoms with Crippen LogP contribution in [0.5, 0.6) is 5.75 Å². The molecule has 0 radical (unpaired) electrons. The van der Waals surface area contributed by atoms with Crippen LogP contribution < -0.4 is 10.1 Å². The lowest BCUT2D eigenvalue weighted by atomic mass is 10.3. The van der Waals surface area contributed by atoms with Crippen LogP contribution in [0.15, 0.2) is 24.3 Å². The second-order valence-electron chi connectivity index (χ2n) is 3.69. The fourth-order valence-corrected chi connectivity index (χ4v) is 1.08. The number of anilines is 1. The minimum Gasteiger partial charge on any atom is -0.410 e. The molecule has 0 aliphatic carbocycles. The van der Waals surface area contributed by atoms with Crippen LogP contribution >= 0.6 is 0 Å². The Labute approximate surface area is 100 Å². The second-order valence-corrected chi connectivity index (χ2v) is 3.69. The van der Waals surface area contributed by atoms with Gasteiger partial charge in [-0.15, -0.1) is 0 Å². The third kappa shape index (κ3) is 4.14. The van der Waals surface area contributed by atoms with Crippen LogP contribution in [0.3, 0.4) is 0 Å². The summed E-state index contributed by atoms with van der Waals surface area (Å²) in [6.45, 7) is 1.77. The van der Waals surface area contributed by atoms with E-state index in [0.717, 1.165) is 0 Å². The van der Waals surface area contributed by atoms with Crippen molar-refractivity contribution in [2.75, 3.05) is 19.4 Å². The van der Waals surface area contributed by atoms with E-state index >= 15 is 0 Å². The summed E-state index contributed by atoms with van der Waals surface area (Å²) in [5.74, 6) is 0.318. The summed E-state index contributed by atoms with van der Waals surface area (Å²) < 4.78 is 5.07. The predicted molar refractivity (Wildman–Crippen MR) is 65.1 cm³/mol. The van der Waals surface area contributed by atoms with E-state index in [2.05, 4.69) is 5.32 Å². The lowest BCUT2D eigenvalue weighted by molar-refractivity contribution is -0.115. The molecule has 0 bridgehead atoms. The molecule has 5 heteroatoms. The fraction of sp³-hybridized carbons (Fsp3) is 0.333. The summed E-state index contributed by atoms with van der Waals surface area (Å²) in [6.07, 6.45) is -0.0502. The van der Waals surface area contributed by atoms with Crippen molar-refractivity contribution >= 4 is 17.7 Å². The molecule has 0 saturated carbocycles. The van der Waals surface area contributed by atoms with E-state index in [-0.39, 0.29) is 5.91 Å². The van der Waals surface area contributed by atoms with Gasteiger partial charge in [0.25, 0.3) is 0 Å². The van der Waals surface area contributed by atoms with Crippen molar-refractivity contribution in [1.29, 1.82) is 0 Å². The SMILES string of the molecule is CCC(=O)Nc1cccc(OC(=O)N(C)C)c1. The minimum atomic E-state index is -0.455. The summed E-state index contributed by atoms with van der Waals surface area (Å²) in [5, 5.41) is 2.69. The fourth-order valence-electron chi connectivity index (χ4n) is 1.08. The zero-order valence-corrected chi connectivity index (χ0v) is 10.2. The zero-order chi connectivity index (χ0) is 12.8. The van der Waals surface area contributed by atoms with Crippen molar-refractivity contribution in [2.24, 2.45) is 0 Å². The Hall–Kier alpha value is -2.04. The average Bonchev–Trinajstić information content (AvgIpc) is 2.29. The summed E-state index contributed by atoms with van der Waals surface area (Å²) in [7, 11) is 3.20. The molecule has 2 amide bonds.